The second-order valence-electron chi connectivity index (χ2n) is 3.64. The molecule has 1 aliphatic carbocycles. The number of carbonyl (C=O) groups is 1. The molecule has 1 N–H and O–H groups in total. The predicted octanol–water partition coefficient (Wildman–Crippen LogP) is 2.48. The van der Waals surface area contributed by atoms with Crippen molar-refractivity contribution in [3.8, 4) is 0 Å². The van der Waals surface area contributed by atoms with E-state index in [1.54, 1.807) is 6.92 Å². The van der Waals surface area contributed by atoms with Crippen molar-refractivity contribution >= 4 is 29.2 Å². The third kappa shape index (κ3) is 1.86. The van der Waals surface area contributed by atoms with Gasteiger partial charge in [0.25, 0.3) is 0 Å². The minimum atomic E-state index is -0.767. The Bertz CT molecular complexity index is 195. The summed E-state index contributed by atoms with van der Waals surface area (Å²) in [5.41, 5.74) is -0.669. The molecule has 1 rings (SSSR count). The first-order valence-corrected chi connectivity index (χ1v) is 4.84. The minimum Gasteiger partial charge on any atom is -0.481 e. The van der Waals surface area contributed by atoms with Gasteiger partial charge in [-0.2, -0.15) is 0 Å². The van der Waals surface area contributed by atoms with Crippen molar-refractivity contribution in [2.24, 2.45) is 5.41 Å². The zero-order valence-electron chi connectivity index (χ0n) is 6.89. The Kier molecular flexibility index (Phi) is 2.89. The summed E-state index contributed by atoms with van der Waals surface area (Å²) in [4.78, 5) is 10.8. The van der Waals surface area contributed by atoms with Crippen LogP contribution in [-0.2, 0) is 4.79 Å². The Balaban J connectivity index is 2.66. The largest absolute Gasteiger partial charge is 0.481 e. The Morgan fingerprint density at radius 3 is 2.50 bits per heavy atom. The van der Waals surface area contributed by atoms with E-state index >= 15 is 0 Å². The number of alkyl halides is 2. The molecular weight excluding hydrogens is 199 g/mol. The van der Waals surface area contributed by atoms with Crippen molar-refractivity contribution in [3.63, 3.8) is 0 Å². The number of carboxylic acids is 1. The van der Waals surface area contributed by atoms with Gasteiger partial charge < -0.3 is 5.11 Å². The fraction of sp³-hybridized carbons (Fsp3) is 0.875. The van der Waals surface area contributed by atoms with E-state index in [2.05, 4.69) is 0 Å². The van der Waals surface area contributed by atoms with Crippen LogP contribution in [0.2, 0.25) is 0 Å². The second kappa shape index (κ2) is 3.43. The molecule has 0 aliphatic heterocycles. The van der Waals surface area contributed by atoms with Gasteiger partial charge in [-0.1, -0.05) is 0 Å². The van der Waals surface area contributed by atoms with Crippen LogP contribution in [0.3, 0.4) is 0 Å². The van der Waals surface area contributed by atoms with Gasteiger partial charge in [0.2, 0.25) is 0 Å². The molecule has 1 fully saturated rings. The molecule has 4 heteroatoms. The molecule has 0 aromatic rings. The Hall–Kier alpha value is 0.0500. The van der Waals surface area contributed by atoms with Crippen LogP contribution in [0.25, 0.3) is 0 Å². The maximum atomic E-state index is 10.8. The lowest BCUT2D eigenvalue weighted by molar-refractivity contribution is -0.149. The normalized spacial score (nSPS) is 42.6. The van der Waals surface area contributed by atoms with Crippen LogP contribution in [0.1, 0.15) is 26.2 Å². The lowest BCUT2D eigenvalue weighted by Crippen LogP contribution is -2.38. The number of carboxylic acid groups (broad SMARTS) is 1. The molecule has 12 heavy (non-hydrogen) atoms. The highest BCUT2D eigenvalue weighted by Crippen LogP contribution is 2.40. The summed E-state index contributed by atoms with van der Waals surface area (Å²) in [6.45, 7) is 1.73. The zero-order valence-corrected chi connectivity index (χ0v) is 8.40. The first kappa shape index (κ1) is 10.1. The van der Waals surface area contributed by atoms with Crippen molar-refractivity contribution in [1.29, 1.82) is 0 Å². The highest BCUT2D eigenvalue weighted by atomic mass is 35.5. The van der Waals surface area contributed by atoms with Gasteiger partial charge >= 0.3 is 5.97 Å². The van der Waals surface area contributed by atoms with Crippen molar-refractivity contribution in [3.05, 3.63) is 0 Å². The van der Waals surface area contributed by atoms with Crippen molar-refractivity contribution < 1.29 is 9.90 Å². The van der Waals surface area contributed by atoms with E-state index in [1.807, 2.05) is 0 Å². The van der Waals surface area contributed by atoms with E-state index in [4.69, 9.17) is 28.3 Å². The number of halogens is 2. The van der Waals surface area contributed by atoms with Gasteiger partial charge in [-0.15, -0.1) is 23.2 Å². The average Bonchev–Trinajstić information content (AvgIpc) is 1.97. The SMILES string of the molecule is CC1(C(=O)O)CCC(Cl)C(Cl)C1. The maximum absolute atomic E-state index is 10.8. The predicted molar refractivity (Wildman–Crippen MR) is 48.9 cm³/mol. The maximum Gasteiger partial charge on any atom is 0.309 e. The number of hydrogen-bond donors (Lipinski definition) is 1. The van der Waals surface area contributed by atoms with Crippen LogP contribution in [0, 0.1) is 5.41 Å². The monoisotopic (exact) mass is 210 g/mol. The van der Waals surface area contributed by atoms with Gasteiger partial charge in [0, 0.05) is 0 Å². The summed E-state index contributed by atoms with van der Waals surface area (Å²) in [5, 5.41) is 8.62. The van der Waals surface area contributed by atoms with Gasteiger partial charge in [-0.3, -0.25) is 4.79 Å². The molecule has 1 saturated carbocycles. The van der Waals surface area contributed by atoms with E-state index in [-0.39, 0.29) is 10.8 Å². The zero-order chi connectivity index (χ0) is 9.35. The summed E-state index contributed by atoms with van der Waals surface area (Å²) in [6, 6.07) is 0. The number of aliphatic carboxylic acids is 1. The van der Waals surface area contributed by atoms with Crippen LogP contribution in [0.5, 0.6) is 0 Å². The van der Waals surface area contributed by atoms with Crippen molar-refractivity contribution in [2.45, 2.75) is 36.9 Å². The summed E-state index contributed by atoms with van der Waals surface area (Å²) in [7, 11) is 0. The highest BCUT2D eigenvalue weighted by molar-refractivity contribution is 6.30. The molecule has 1 aliphatic rings. The van der Waals surface area contributed by atoms with E-state index in [9.17, 15) is 4.79 Å². The topological polar surface area (TPSA) is 37.3 Å². The van der Waals surface area contributed by atoms with Gasteiger partial charge in [0.1, 0.15) is 0 Å². The fourth-order valence-electron chi connectivity index (χ4n) is 1.49. The van der Waals surface area contributed by atoms with E-state index in [1.165, 1.54) is 0 Å². The summed E-state index contributed by atoms with van der Waals surface area (Å²) in [6.07, 6.45) is 1.79. The number of rotatable bonds is 1. The smallest absolute Gasteiger partial charge is 0.309 e. The molecule has 0 aromatic heterocycles. The quantitative estimate of drug-likeness (QED) is 0.676. The van der Waals surface area contributed by atoms with Gasteiger partial charge in [0.15, 0.2) is 0 Å². The van der Waals surface area contributed by atoms with Crippen LogP contribution in [0.15, 0.2) is 0 Å². The Morgan fingerprint density at radius 1 is 1.50 bits per heavy atom. The number of hydrogen-bond acceptors (Lipinski definition) is 1. The lowest BCUT2D eigenvalue weighted by Gasteiger charge is -2.34. The van der Waals surface area contributed by atoms with E-state index < -0.39 is 11.4 Å². The molecule has 0 spiro atoms. The third-order valence-electron chi connectivity index (χ3n) is 2.53. The lowest BCUT2D eigenvalue weighted by atomic mass is 9.75. The third-order valence-corrected chi connectivity index (χ3v) is 3.64. The van der Waals surface area contributed by atoms with Crippen LogP contribution < -0.4 is 0 Å². The Labute approximate surface area is 81.9 Å². The molecule has 0 heterocycles. The van der Waals surface area contributed by atoms with E-state index in [0.717, 1.165) is 0 Å². The van der Waals surface area contributed by atoms with Crippen molar-refractivity contribution in [1.82, 2.24) is 0 Å². The first-order valence-electron chi connectivity index (χ1n) is 3.97. The molecule has 3 unspecified atom stereocenters. The highest BCUT2D eigenvalue weighted by Gasteiger charge is 2.41. The first-order chi connectivity index (χ1) is 5.46. The van der Waals surface area contributed by atoms with Crippen LogP contribution in [-0.4, -0.2) is 21.8 Å². The summed E-state index contributed by atoms with van der Waals surface area (Å²) < 4.78 is 0. The molecule has 0 aromatic carbocycles. The van der Waals surface area contributed by atoms with Crippen molar-refractivity contribution in [2.75, 3.05) is 0 Å². The van der Waals surface area contributed by atoms with Gasteiger partial charge in [0.05, 0.1) is 16.2 Å². The molecule has 2 nitrogen and oxygen atoms in total. The minimum absolute atomic E-state index is 0.0703. The van der Waals surface area contributed by atoms with Gasteiger partial charge in [-0.25, -0.2) is 0 Å². The summed E-state index contributed by atoms with van der Waals surface area (Å²) in [5.74, 6) is -0.767. The molecule has 0 radical (unpaired) electrons. The molecule has 3 atom stereocenters. The molecule has 0 amide bonds. The van der Waals surface area contributed by atoms with Gasteiger partial charge in [-0.05, 0) is 26.2 Å². The molecule has 0 bridgehead atoms. The molecule has 70 valence electrons. The van der Waals surface area contributed by atoms with Crippen LogP contribution >= 0.6 is 23.2 Å². The molecule has 0 saturated heterocycles. The Morgan fingerprint density at radius 2 is 2.08 bits per heavy atom. The molecular formula is C8H12Cl2O2. The second-order valence-corrected chi connectivity index (χ2v) is 4.76. The van der Waals surface area contributed by atoms with E-state index in [0.29, 0.717) is 19.3 Å². The fourth-order valence-corrected chi connectivity index (χ4v) is 2.16. The standard InChI is InChI=1S/C8H12Cl2O2/c1-8(7(11)12)3-2-5(9)6(10)4-8/h5-6H,2-4H2,1H3,(H,11,12). The van der Waals surface area contributed by atoms with Crippen LogP contribution in [0.4, 0.5) is 0 Å². The average molecular weight is 211 g/mol. The summed E-state index contributed by atoms with van der Waals surface area (Å²) >= 11 is 11.8.